The molecular formula is C14H20N4S. The molecule has 1 fully saturated rings. The van der Waals surface area contributed by atoms with E-state index in [0.717, 1.165) is 50.5 Å². The summed E-state index contributed by atoms with van der Waals surface area (Å²) in [6.07, 6.45) is 6.77. The molecule has 0 radical (unpaired) electrons. The molecule has 0 spiro atoms. The molecule has 2 heterocycles. The van der Waals surface area contributed by atoms with Gasteiger partial charge in [-0.15, -0.1) is 5.10 Å². The minimum atomic E-state index is 1.02. The second-order valence-corrected chi connectivity index (χ2v) is 5.20. The zero-order chi connectivity index (χ0) is 13.5. The van der Waals surface area contributed by atoms with Gasteiger partial charge in [-0.05, 0) is 18.0 Å². The normalized spacial score (nSPS) is 16.9. The van der Waals surface area contributed by atoms with E-state index in [-0.39, 0.29) is 0 Å². The SMILES string of the molecule is C=CC=CC(=C)CCN1CCN(c2csnn2)CC1. The van der Waals surface area contributed by atoms with E-state index in [1.807, 2.05) is 17.5 Å². The fraction of sp³-hybridized carbons (Fsp3) is 0.429. The summed E-state index contributed by atoms with van der Waals surface area (Å²) in [5.74, 6) is 1.02. The highest BCUT2D eigenvalue weighted by Gasteiger charge is 2.18. The topological polar surface area (TPSA) is 32.3 Å². The van der Waals surface area contributed by atoms with Gasteiger partial charge >= 0.3 is 0 Å². The molecule has 1 saturated heterocycles. The van der Waals surface area contributed by atoms with Gasteiger partial charge in [-0.2, -0.15) is 0 Å². The summed E-state index contributed by atoms with van der Waals surface area (Å²) in [5.41, 5.74) is 1.16. The van der Waals surface area contributed by atoms with Crippen molar-refractivity contribution in [1.29, 1.82) is 0 Å². The van der Waals surface area contributed by atoms with E-state index in [9.17, 15) is 0 Å². The fourth-order valence-electron chi connectivity index (χ4n) is 2.09. The van der Waals surface area contributed by atoms with Crippen LogP contribution in [0, 0.1) is 0 Å². The first-order chi connectivity index (χ1) is 9.29. The summed E-state index contributed by atoms with van der Waals surface area (Å²) in [5, 5.41) is 6.13. The Morgan fingerprint density at radius 1 is 1.37 bits per heavy atom. The van der Waals surface area contributed by atoms with Gasteiger partial charge < -0.3 is 4.90 Å². The van der Waals surface area contributed by atoms with Crippen LogP contribution in [-0.2, 0) is 0 Å². The van der Waals surface area contributed by atoms with Crippen molar-refractivity contribution in [3.05, 3.63) is 42.3 Å². The molecule has 0 bridgehead atoms. The predicted octanol–water partition coefficient (Wildman–Crippen LogP) is 2.35. The van der Waals surface area contributed by atoms with Crippen molar-refractivity contribution in [2.75, 3.05) is 37.6 Å². The molecule has 5 heteroatoms. The summed E-state index contributed by atoms with van der Waals surface area (Å²) < 4.78 is 3.91. The molecule has 0 amide bonds. The van der Waals surface area contributed by atoms with Crippen molar-refractivity contribution >= 4 is 17.4 Å². The first-order valence-electron chi connectivity index (χ1n) is 6.51. The molecule has 1 aliphatic rings. The average molecular weight is 276 g/mol. The maximum atomic E-state index is 4.12. The average Bonchev–Trinajstić information content (AvgIpc) is 2.97. The molecule has 0 aromatic carbocycles. The Hall–Kier alpha value is -1.46. The predicted molar refractivity (Wildman–Crippen MR) is 81.7 cm³/mol. The molecule has 0 unspecified atom stereocenters. The lowest BCUT2D eigenvalue weighted by molar-refractivity contribution is 0.261. The molecule has 2 rings (SSSR count). The third-order valence-corrected chi connectivity index (χ3v) is 3.75. The Labute approximate surface area is 118 Å². The van der Waals surface area contributed by atoms with Crippen LogP contribution in [-0.4, -0.2) is 47.2 Å². The smallest absolute Gasteiger partial charge is 0.163 e. The molecule has 1 aliphatic heterocycles. The number of rotatable bonds is 6. The number of hydrogen-bond acceptors (Lipinski definition) is 5. The van der Waals surface area contributed by atoms with Gasteiger partial charge in [-0.3, -0.25) is 4.90 Å². The summed E-state index contributed by atoms with van der Waals surface area (Å²) in [6, 6.07) is 0. The lowest BCUT2D eigenvalue weighted by atomic mass is 10.2. The summed E-state index contributed by atoms with van der Waals surface area (Å²) >= 11 is 1.41. The Morgan fingerprint density at radius 3 is 2.79 bits per heavy atom. The van der Waals surface area contributed by atoms with Crippen molar-refractivity contribution in [1.82, 2.24) is 14.5 Å². The number of anilines is 1. The molecule has 1 aromatic heterocycles. The number of piperazine rings is 1. The van der Waals surface area contributed by atoms with E-state index in [0.29, 0.717) is 0 Å². The maximum absolute atomic E-state index is 4.12. The standard InChI is InChI=1S/C14H20N4S/c1-3-4-5-13(2)6-7-17-8-10-18(11-9-17)14-12-19-16-15-14/h3-5,12H,1-2,6-11H2. The van der Waals surface area contributed by atoms with Gasteiger partial charge in [0.25, 0.3) is 0 Å². The quantitative estimate of drug-likeness (QED) is 0.747. The minimum absolute atomic E-state index is 1.02. The molecule has 1 aromatic rings. The Kier molecular flexibility index (Phi) is 5.30. The Bertz CT molecular complexity index is 430. The molecular weight excluding hydrogens is 256 g/mol. The van der Waals surface area contributed by atoms with Gasteiger partial charge in [0.05, 0.1) is 5.38 Å². The molecule has 102 valence electrons. The van der Waals surface area contributed by atoms with Gasteiger partial charge in [0.1, 0.15) is 0 Å². The summed E-state index contributed by atoms with van der Waals surface area (Å²) in [7, 11) is 0. The van der Waals surface area contributed by atoms with E-state index in [2.05, 4.69) is 32.5 Å². The lowest BCUT2D eigenvalue weighted by Crippen LogP contribution is -2.46. The number of nitrogens with zero attached hydrogens (tertiary/aromatic N) is 4. The van der Waals surface area contributed by atoms with Gasteiger partial charge in [-0.25, -0.2) is 0 Å². The van der Waals surface area contributed by atoms with Gasteiger partial charge in [0.2, 0.25) is 0 Å². The largest absolute Gasteiger partial charge is 0.352 e. The monoisotopic (exact) mass is 276 g/mol. The van der Waals surface area contributed by atoms with Crippen molar-refractivity contribution in [2.45, 2.75) is 6.42 Å². The zero-order valence-corrected chi connectivity index (χ0v) is 12.0. The van der Waals surface area contributed by atoms with E-state index in [1.165, 1.54) is 11.5 Å². The number of allylic oxidation sites excluding steroid dienone is 3. The Balaban J connectivity index is 1.70. The van der Waals surface area contributed by atoms with Gasteiger partial charge in [0, 0.05) is 32.7 Å². The van der Waals surface area contributed by atoms with Crippen LogP contribution < -0.4 is 4.90 Å². The number of aromatic nitrogens is 2. The maximum Gasteiger partial charge on any atom is 0.163 e. The number of hydrogen-bond donors (Lipinski definition) is 0. The first-order valence-corrected chi connectivity index (χ1v) is 7.34. The first kappa shape index (κ1) is 14.0. The minimum Gasteiger partial charge on any atom is -0.352 e. The fourth-order valence-corrected chi connectivity index (χ4v) is 2.56. The van der Waals surface area contributed by atoms with E-state index < -0.39 is 0 Å². The van der Waals surface area contributed by atoms with Crippen LogP contribution in [0.25, 0.3) is 0 Å². The highest BCUT2D eigenvalue weighted by atomic mass is 32.1. The summed E-state index contributed by atoms with van der Waals surface area (Å²) in [6.45, 7) is 13.0. The molecule has 0 saturated carbocycles. The van der Waals surface area contributed by atoms with E-state index in [1.54, 1.807) is 6.08 Å². The van der Waals surface area contributed by atoms with Crippen LogP contribution in [0.3, 0.4) is 0 Å². The molecule has 0 N–H and O–H groups in total. The van der Waals surface area contributed by atoms with Crippen molar-refractivity contribution < 1.29 is 0 Å². The molecule has 19 heavy (non-hydrogen) atoms. The molecule has 0 aliphatic carbocycles. The molecule has 0 atom stereocenters. The van der Waals surface area contributed by atoms with E-state index >= 15 is 0 Å². The second kappa shape index (κ2) is 7.21. The van der Waals surface area contributed by atoms with Crippen LogP contribution in [0.1, 0.15) is 6.42 Å². The summed E-state index contributed by atoms with van der Waals surface area (Å²) in [4.78, 5) is 4.77. The van der Waals surface area contributed by atoms with Crippen molar-refractivity contribution in [3.8, 4) is 0 Å². The third-order valence-electron chi connectivity index (χ3n) is 3.26. The van der Waals surface area contributed by atoms with Crippen LogP contribution >= 0.6 is 11.5 Å². The Morgan fingerprint density at radius 2 is 2.16 bits per heavy atom. The van der Waals surface area contributed by atoms with Crippen LogP contribution in [0.2, 0.25) is 0 Å². The van der Waals surface area contributed by atoms with Crippen LogP contribution in [0.5, 0.6) is 0 Å². The van der Waals surface area contributed by atoms with E-state index in [4.69, 9.17) is 0 Å². The highest BCUT2D eigenvalue weighted by Crippen LogP contribution is 2.14. The van der Waals surface area contributed by atoms with Gasteiger partial charge in [-0.1, -0.05) is 41.4 Å². The van der Waals surface area contributed by atoms with Crippen molar-refractivity contribution in [2.24, 2.45) is 0 Å². The van der Waals surface area contributed by atoms with Gasteiger partial charge in [0.15, 0.2) is 5.82 Å². The third kappa shape index (κ3) is 4.29. The zero-order valence-electron chi connectivity index (χ0n) is 11.2. The highest BCUT2D eigenvalue weighted by molar-refractivity contribution is 7.03. The lowest BCUT2D eigenvalue weighted by Gasteiger charge is -2.34. The van der Waals surface area contributed by atoms with Crippen LogP contribution in [0.4, 0.5) is 5.82 Å². The van der Waals surface area contributed by atoms with Crippen molar-refractivity contribution in [3.63, 3.8) is 0 Å². The van der Waals surface area contributed by atoms with Crippen LogP contribution in [0.15, 0.2) is 42.3 Å². The molecule has 4 nitrogen and oxygen atoms in total. The second-order valence-electron chi connectivity index (χ2n) is 4.59.